The molecule has 0 saturated carbocycles. The number of nitrogens with zero attached hydrogens (tertiary/aromatic N) is 9. The first-order valence-electron chi connectivity index (χ1n) is 22.8. The van der Waals surface area contributed by atoms with Gasteiger partial charge in [0.05, 0.1) is 71.7 Å². The number of aliphatic hydroxyl groups is 1. The van der Waals surface area contributed by atoms with Gasteiger partial charge in [-0.25, -0.2) is 27.5 Å². The number of ether oxygens (including phenoxy) is 1. The van der Waals surface area contributed by atoms with Crippen LogP contribution in [0.1, 0.15) is 77.9 Å². The van der Waals surface area contributed by atoms with Gasteiger partial charge >= 0.3 is 6.18 Å². The minimum Gasteiger partial charge on any atom is -0.389 e. The number of likely N-dealkylation sites (tertiary alicyclic amines) is 1. The van der Waals surface area contributed by atoms with Crippen LogP contribution in [0.5, 0.6) is 0 Å². The van der Waals surface area contributed by atoms with E-state index in [0.717, 1.165) is 68.2 Å². The van der Waals surface area contributed by atoms with Gasteiger partial charge in [-0.3, -0.25) is 38.8 Å². The summed E-state index contributed by atoms with van der Waals surface area (Å²) in [5, 5.41) is 30.4. The van der Waals surface area contributed by atoms with Gasteiger partial charge in [0.1, 0.15) is 23.1 Å². The third-order valence-corrected chi connectivity index (χ3v) is 13.6. The molecule has 71 heavy (non-hydrogen) atoms. The number of benzene rings is 2. The minimum atomic E-state index is -4.84. The molecule has 5 N–H and O–H groups in total. The van der Waals surface area contributed by atoms with E-state index in [1.807, 2.05) is 0 Å². The molecule has 378 valence electrons. The number of carbonyl (C=O) groups is 4. The van der Waals surface area contributed by atoms with Crippen LogP contribution in [0.4, 0.5) is 34.9 Å². The molecule has 3 aliphatic rings. The van der Waals surface area contributed by atoms with Crippen molar-refractivity contribution >= 4 is 51.0 Å². The van der Waals surface area contributed by atoms with Crippen molar-refractivity contribution in [2.45, 2.75) is 88.4 Å². The molecule has 0 aliphatic carbocycles. The highest BCUT2D eigenvalue weighted by atomic mass is 32.2. The third kappa shape index (κ3) is 12.2. The summed E-state index contributed by atoms with van der Waals surface area (Å²) in [5.41, 5.74) is -1.70. The van der Waals surface area contributed by atoms with Gasteiger partial charge < -0.3 is 25.4 Å². The molecule has 2 saturated heterocycles. The lowest BCUT2D eigenvalue weighted by molar-refractivity contribution is -0.138. The number of amides is 4. The summed E-state index contributed by atoms with van der Waals surface area (Å²) in [7, 11) is -4.20. The predicted molar refractivity (Wildman–Crippen MR) is 244 cm³/mol. The van der Waals surface area contributed by atoms with Crippen LogP contribution in [0.3, 0.4) is 0 Å². The summed E-state index contributed by atoms with van der Waals surface area (Å²) in [4.78, 5) is 61.2. The maximum atomic E-state index is 15.2. The van der Waals surface area contributed by atoms with E-state index in [9.17, 15) is 45.9 Å². The Morgan fingerprint density at radius 3 is 2.46 bits per heavy atom. The van der Waals surface area contributed by atoms with Gasteiger partial charge in [-0.2, -0.15) is 18.3 Å². The van der Waals surface area contributed by atoms with E-state index in [4.69, 9.17) is 4.74 Å². The maximum absolute atomic E-state index is 15.2. The fourth-order valence-electron chi connectivity index (χ4n) is 8.56. The van der Waals surface area contributed by atoms with Crippen LogP contribution < -0.4 is 20.7 Å². The normalized spacial score (nSPS) is 17.2. The zero-order valence-electron chi connectivity index (χ0n) is 38.6. The van der Waals surface area contributed by atoms with Gasteiger partial charge in [-0.1, -0.05) is 11.3 Å². The van der Waals surface area contributed by atoms with Crippen molar-refractivity contribution in [1.82, 2.24) is 54.6 Å². The zero-order chi connectivity index (χ0) is 50.7. The molecule has 0 bridgehead atoms. The average Bonchev–Trinajstić information content (AvgIpc) is 4.04. The molecule has 0 radical (unpaired) electrons. The Kier molecular flexibility index (Phi) is 14.9. The summed E-state index contributed by atoms with van der Waals surface area (Å²) in [6.07, 6.45) is 2.80. The number of anilines is 3. The van der Waals surface area contributed by atoms with Crippen LogP contribution in [0.15, 0.2) is 66.1 Å². The predicted octanol–water partition coefficient (Wildman–Crippen LogP) is 3.71. The molecule has 2 fully saturated rings. The number of hydrogen-bond acceptors (Lipinski definition) is 16. The van der Waals surface area contributed by atoms with Crippen molar-refractivity contribution in [2.24, 2.45) is 5.92 Å². The quantitative estimate of drug-likeness (QED) is 0.0423. The first-order chi connectivity index (χ1) is 33.7. The minimum absolute atomic E-state index is 0.0113. The summed E-state index contributed by atoms with van der Waals surface area (Å²) in [6, 6.07) is 6.92. The van der Waals surface area contributed by atoms with Gasteiger partial charge in [-0.15, -0.1) is 5.10 Å². The van der Waals surface area contributed by atoms with E-state index < -0.39 is 79.4 Å². The number of nitrogens with one attached hydrogen (secondary N) is 4. The largest absolute Gasteiger partial charge is 0.419 e. The molecule has 3 aliphatic heterocycles. The Morgan fingerprint density at radius 2 is 1.73 bits per heavy atom. The number of aromatic nitrogens is 7. The van der Waals surface area contributed by atoms with E-state index in [0.29, 0.717) is 36.6 Å². The average molecular weight is 1010 g/mol. The number of halogens is 4. The number of carbonyl (C=O) groups excluding carboxylic acids is 4. The summed E-state index contributed by atoms with van der Waals surface area (Å²) < 4.78 is 93.7. The number of rotatable bonds is 20. The Bertz CT molecular complexity index is 2920. The molecule has 2 aromatic carbocycles. The Hall–Kier alpha value is -6.74. The molecule has 5 aromatic rings. The van der Waals surface area contributed by atoms with Crippen LogP contribution in [0, 0.1) is 11.7 Å². The van der Waals surface area contributed by atoms with Crippen molar-refractivity contribution in [3.05, 3.63) is 89.4 Å². The van der Waals surface area contributed by atoms with E-state index in [1.54, 1.807) is 29.1 Å². The fraction of sp³-hybridized carbons (Fsp3) is 0.444. The SMILES string of the molecule is CC(C)(O)Cn1cc(-c2nc(Nc3ccc(S(=O)(=O)NCCOCc4cn(CCN5CCC(CCNc6cccc7c6C(=O)N(C6CCC(=O)NC6=O)C7=O)CC5)nn4)cc3F)ncc2C(F)(F)F)cn1. The fourth-order valence-corrected chi connectivity index (χ4v) is 9.59. The van der Waals surface area contributed by atoms with Gasteiger partial charge in [0, 0.05) is 49.7 Å². The van der Waals surface area contributed by atoms with E-state index in [1.165, 1.54) is 24.7 Å². The number of piperidine rings is 2. The summed E-state index contributed by atoms with van der Waals surface area (Å²) >= 11 is 0. The Morgan fingerprint density at radius 1 is 0.944 bits per heavy atom. The van der Waals surface area contributed by atoms with Gasteiger partial charge in [-0.05, 0) is 88.9 Å². The van der Waals surface area contributed by atoms with Crippen LogP contribution in [-0.2, 0) is 50.2 Å². The van der Waals surface area contributed by atoms with E-state index in [2.05, 4.69) is 51.0 Å². The molecule has 6 heterocycles. The van der Waals surface area contributed by atoms with Gasteiger partial charge in [0.2, 0.25) is 27.8 Å². The maximum Gasteiger partial charge on any atom is 0.419 e. The van der Waals surface area contributed by atoms with Crippen molar-refractivity contribution < 1.29 is 55.0 Å². The molecule has 8 rings (SSSR count). The van der Waals surface area contributed by atoms with Crippen LogP contribution in [0.2, 0.25) is 0 Å². The second-order valence-corrected chi connectivity index (χ2v) is 19.8. The van der Waals surface area contributed by atoms with Crippen molar-refractivity contribution in [3.8, 4) is 11.3 Å². The molecule has 21 nitrogen and oxygen atoms in total. The first kappa shape index (κ1) is 50.6. The topological polar surface area (TPSA) is 261 Å². The number of hydrogen-bond donors (Lipinski definition) is 5. The summed E-state index contributed by atoms with van der Waals surface area (Å²) in [5.74, 6) is -3.17. The lowest BCUT2D eigenvalue weighted by atomic mass is 9.93. The van der Waals surface area contributed by atoms with Crippen molar-refractivity contribution in [1.29, 1.82) is 0 Å². The smallest absolute Gasteiger partial charge is 0.389 e. The van der Waals surface area contributed by atoms with Crippen molar-refractivity contribution in [3.63, 3.8) is 0 Å². The molecule has 1 unspecified atom stereocenters. The molecular formula is C45H51F4N13O8S. The zero-order valence-corrected chi connectivity index (χ0v) is 39.4. The lowest BCUT2D eigenvalue weighted by Gasteiger charge is -2.32. The van der Waals surface area contributed by atoms with Crippen LogP contribution >= 0.6 is 0 Å². The lowest BCUT2D eigenvalue weighted by Crippen LogP contribution is -2.54. The number of fused-ring (bicyclic) bond motifs is 1. The Balaban J connectivity index is 0.735. The molecule has 26 heteroatoms. The monoisotopic (exact) mass is 1010 g/mol. The standard InChI is InChI=1S/C45H51F4N13O8S/c1-44(2,67)26-61-23-28(21-52-61)39-32(45(47,48)49)22-51-43(56-39)54-34-7-6-30(20-33(34)46)71(68,69)53-14-19-70-25-29-24-60(58-57-29)18-17-59-15-11-27(12-16-59)10-13-50-35-5-3-4-31-38(35)42(66)62(41(31)65)36-8-9-37(63)55-40(36)64/h3-7,20-24,27,36,50,53,67H,8-19,25-26H2,1-2H3,(H,51,54,56)(H,55,63,64). The Labute approximate surface area is 404 Å². The second-order valence-electron chi connectivity index (χ2n) is 18.1. The highest BCUT2D eigenvalue weighted by Crippen LogP contribution is 2.37. The third-order valence-electron chi connectivity index (χ3n) is 12.1. The first-order valence-corrected chi connectivity index (χ1v) is 24.2. The van der Waals surface area contributed by atoms with Crippen LogP contribution in [-0.4, -0.2) is 133 Å². The molecular weight excluding hydrogens is 959 g/mol. The molecule has 0 spiro atoms. The molecule has 3 aromatic heterocycles. The van der Waals surface area contributed by atoms with Gasteiger partial charge in [0.25, 0.3) is 11.8 Å². The molecule has 1 atom stereocenters. The second kappa shape index (κ2) is 20.9. The van der Waals surface area contributed by atoms with Crippen LogP contribution in [0.25, 0.3) is 11.3 Å². The van der Waals surface area contributed by atoms with E-state index >= 15 is 4.39 Å². The summed E-state index contributed by atoms with van der Waals surface area (Å²) in [6.45, 7) is 6.54. The van der Waals surface area contributed by atoms with Crippen molar-refractivity contribution in [2.75, 3.05) is 50.0 Å². The highest BCUT2D eigenvalue weighted by molar-refractivity contribution is 7.89. The van der Waals surface area contributed by atoms with Gasteiger partial charge in [0.15, 0.2) is 0 Å². The number of sulfonamides is 1. The number of imide groups is 2. The van der Waals surface area contributed by atoms with E-state index in [-0.39, 0.29) is 61.5 Å². The highest BCUT2D eigenvalue weighted by Gasteiger charge is 2.45. The molecule has 4 amide bonds. The number of alkyl halides is 3.